The number of hydrogen-bond acceptors (Lipinski definition) is 5. The van der Waals surface area contributed by atoms with Crippen LogP contribution in [0.5, 0.6) is 0 Å². The van der Waals surface area contributed by atoms with Gasteiger partial charge in [0, 0.05) is 67.7 Å². The van der Waals surface area contributed by atoms with Gasteiger partial charge in [0.1, 0.15) is 0 Å². The third-order valence-corrected chi connectivity index (χ3v) is 8.72. The van der Waals surface area contributed by atoms with Gasteiger partial charge in [-0.3, -0.25) is 0 Å². The fraction of sp³-hybridized carbons (Fsp3) is 0.500. The molecule has 0 saturated carbocycles. The molecule has 2 aliphatic rings. The molecule has 2 aromatic carbocycles. The summed E-state index contributed by atoms with van der Waals surface area (Å²) >= 11 is 0. The van der Waals surface area contributed by atoms with Gasteiger partial charge in [-0.1, -0.05) is 35.4 Å². The predicted octanol–water partition coefficient (Wildman–Crippen LogP) is 3.86. The number of amides is 4. The molecule has 0 aromatic heterocycles. The number of benzene rings is 2. The maximum Gasteiger partial charge on any atom is 0.319 e. The normalized spacial score (nSPS) is 16.2. The van der Waals surface area contributed by atoms with Crippen LogP contribution in [-0.4, -0.2) is 70.1 Å². The first kappa shape index (κ1) is 35.5. The molecule has 4 rings (SSSR count). The Hall–Kier alpha value is -1.67. The summed E-state index contributed by atoms with van der Waals surface area (Å²) in [5.74, 6) is 0.124. The van der Waals surface area contributed by atoms with Gasteiger partial charge < -0.3 is 26.6 Å². The molecule has 2 saturated heterocycles. The standard InChI is InChI=1S/C15H23N3O3S.C13H19N3O.H3P.U/c1-3-22(20,21)18-10-8-14(9-11-18)17-15(19)16-13-6-4-12(2)5-7-13;1-10-2-4-11(5-3-10)15-13(17)16-12-6-8-14-9-7-12;;/h4-7,14H,3,8-11H2,1-2H3,(H2,16,17,19);2-5,12,14H,6-9H2,1H3,(H2,15,16,17);1H3;/i;;1T;. The predicted molar refractivity (Wildman–Crippen MR) is 168 cm³/mol. The van der Waals surface area contributed by atoms with E-state index in [1.165, 1.54) is 9.87 Å². The van der Waals surface area contributed by atoms with Gasteiger partial charge in [-0.25, -0.2) is 22.3 Å². The van der Waals surface area contributed by atoms with Crippen molar-refractivity contribution in [3.05, 3.63) is 59.7 Å². The van der Waals surface area contributed by atoms with Crippen molar-refractivity contribution in [3.8, 4) is 0 Å². The van der Waals surface area contributed by atoms with Gasteiger partial charge >= 0.3 is 12.1 Å². The number of anilines is 2. The van der Waals surface area contributed by atoms with E-state index in [1.54, 1.807) is 16.8 Å². The van der Waals surface area contributed by atoms with E-state index in [4.69, 9.17) is 1.28 Å². The second-order valence-corrected chi connectivity index (χ2v) is 12.3. The first-order chi connectivity index (χ1) is 19.6. The van der Waals surface area contributed by atoms with E-state index in [1.807, 2.05) is 62.4 Å². The van der Waals surface area contributed by atoms with Crippen LogP contribution < -0.4 is 26.6 Å². The minimum Gasteiger partial charge on any atom is -0.335 e. The van der Waals surface area contributed by atoms with Gasteiger partial charge in [0.2, 0.25) is 10.0 Å². The van der Waals surface area contributed by atoms with Crippen molar-refractivity contribution < 1.29 is 49.1 Å². The summed E-state index contributed by atoms with van der Waals surface area (Å²) in [6, 6.07) is 15.3. The number of carbonyl (C=O) groups is 2. The third kappa shape index (κ3) is 13.5. The summed E-state index contributed by atoms with van der Waals surface area (Å²) in [4.78, 5) is 23.7. The molecule has 2 aromatic rings. The van der Waals surface area contributed by atoms with Gasteiger partial charge in [-0.15, -0.1) is 0 Å². The molecule has 1 atom stereocenters. The van der Waals surface area contributed by atoms with Gasteiger partial charge in [0.15, 0.2) is 0 Å². The van der Waals surface area contributed by atoms with E-state index in [0.29, 0.717) is 32.0 Å². The zero-order valence-electron chi connectivity index (χ0n) is 25.2. The van der Waals surface area contributed by atoms with Crippen LogP contribution in [0.15, 0.2) is 48.5 Å². The first-order valence-corrected chi connectivity index (χ1v) is 15.2. The zero-order valence-corrected chi connectivity index (χ0v) is 30.3. The van der Waals surface area contributed by atoms with Crippen LogP contribution in [0.4, 0.5) is 21.0 Å². The maximum absolute atomic E-state index is 11.9. The van der Waals surface area contributed by atoms with Crippen molar-refractivity contribution in [1.82, 2.24) is 20.3 Å². The number of rotatable bonds is 6. The molecular formula is C28H45N6O4PSU. The summed E-state index contributed by atoms with van der Waals surface area (Å²) in [5.41, 5.74) is 3.90. The Bertz CT molecular complexity index is 1180. The smallest absolute Gasteiger partial charge is 0.319 e. The quantitative estimate of drug-likeness (QED) is 0.283. The largest absolute Gasteiger partial charge is 0.335 e. The molecule has 0 spiro atoms. The Kier molecular flexibility index (Phi) is 16.3. The second-order valence-electron chi connectivity index (χ2n) is 10.0. The number of hydrogen-bond donors (Lipinski definition) is 5. The molecule has 13 heteroatoms. The van der Waals surface area contributed by atoms with Crippen molar-refractivity contribution >= 4 is 43.3 Å². The molecule has 2 aliphatic heterocycles. The number of piperidine rings is 2. The Morgan fingerprint density at radius 3 is 1.61 bits per heavy atom. The minimum atomic E-state index is -3.12. The Morgan fingerprint density at radius 1 is 0.829 bits per heavy atom. The molecule has 0 bridgehead atoms. The van der Waals surface area contributed by atoms with E-state index in [-0.39, 0.29) is 55.0 Å². The fourth-order valence-electron chi connectivity index (χ4n) is 4.41. The molecule has 1 unspecified atom stereocenters. The molecular weight excluding hydrogens is 785 g/mol. The summed E-state index contributed by atoms with van der Waals surface area (Å²) in [6.07, 6.45) is 3.28. The van der Waals surface area contributed by atoms with Crippen LogP contribution in [-0.2, 0) is 10.0 Å². The Labute approximate surface area is 273 Å². The number of aryl methyl sites for hydroxylation is 2. The number of urea groups is 2. The number of nitrogens with zero attached hydrogens (tertiary/aromatic N) is 1. The Balaban J connectivity index is 0.000000398. The van der Waals surface area contributed by atoms with E-state index < -0.39 is 10.0 Å². The van der Waals surface area contributed by atoms with Crippen LogP contribution >= 0.6 is 9.84 Å². The van der Waals surface area contributed by atoms with Gasteiger partial charge in [0.05, 0.1) is 7.03 Å². The molecule has 10 nitrogen and oxygen atoms in total. The second kappa shape index (κ2) is 18.8. The van der Waals surface area contributed by atoms with Crippen molar-refractivity contribution in [2.24, 2.45) is 0 Å². The number of nitrogens with one attached hydrogen (secondary N) is 5. The molecule has 2 heterocycles. The van der Waals surface area contributed by atoms with E-state index in [0.717, 1.165) is 42.9 Å². The zero-order chi connectivity index (χ0) is 30.3. The monoisotopic (exact) mass is 832 g/mol. The van der Waals surface area contributed by atoms with E-state index >= 15 is 0 Å². The van der Waals surface area contributed by atoms with Crippen molar-refractivity contribution in [1.29, 1.82) is 1.28 Å². The molecule has 0 radical (unpaired) electrons. The van der Waals surface area contributed by atoms with Crippen molar-refractivity contribution in [2.45, 2.75) is 58.5 Å². The number of sulfonamides is 1. The first-order valence-electron chi connectivity index (χ1n) is 14.2. The van der Waals surface area contributed by atoms with Crippen LogP contribution in [0, 0.1) is 45.0 Å². The molecule has 0 aliphatic carbocycles. The van der Waals surface area contributed by atoms with Crippen LogP contribution in [0.2, 0.25) is 0 Å². The SMILES string of the molecule is CCS(=O)(=O)N1CCC(NC(=O)Nc2ccc(C)cc2)CC1.Cc1ccc(NC(=O)NC2CCNCC2)cc1.[3H]P.[U]. The van der Waals surface area contributed by atoms with Crippen LogP contribution in [0.1, 0.15) is 43.7 Å². The van der Waals surface area contributed by atoms with Crippen molar-refractivity contribution in [2.75, 3.05) is 42.6 Å². The third-order valence-electron chi connectivity index (χ3n) is 6.84. The van der Waals surface area contributed by atoms with Crippen molar-refractivity contribution in [3.63, 3.8) is 0 Å². The molecule has 5 N–H and O–H groups in total. The summed E-state index contributed by atoms with van der Waals surface area (Å²) in [5, 5.41) is 14.8. The van der Waals surface area contributed by atoms with Gasteiger partial charge in [0.25, 0.3) is 0 Å². The van der Waals surface area contributed by atoms with Crippen LogP contribution in [0.3, 0.4) is 0 Å². The molecule has 4 amide bonds. The van der Waals surface area contributed by atoms with E-state index in [9.17, 15) is 18.0 Å². The average Bonchev–Trinajstić information content (AvgIpc) is 2.98. The summed E-state index contributed by atoms with van der Waals surface area (Å²) in [7, 11) is -1.45. The molecule has 226 valence electrons. The number of carbonyl (C=O) groups excluding carboxylic acids is 2. The minimum absolute atomic E-state index is 0. The fourth-order valence-corrected chi connectivity index (χ4v) is 5.54. The molecule has 2 fully saturated rings. The molecule has 41 heavy (non-hydrogen) atoms. The summed E-state index contributed by atoms with van der Waals surface area (Å²) < 4.78 is 30.7. The average molecular weight is 833 g/mol. The Morgan fingerprint density at radius 2 is 1.22 bits per heavy atom. The van der Waals surface area contributed by atoms with Gasteiger partial charge in [-0.05, 0) is 83.8 Å². The van der Waals surface area contributed by atoms with E-state index in [2.05, 4.69) is 26.6 Å². The maximum atomic E-state index is 11.9. The van der Waals surface area contributed by atoms with Gasteiger partial charge in [-0.2, -0.15) is 9.84 Å². The van der Waals surface area contributed by atoms with Crippen LogP contribution in [0.25, 0.3) is 0 Å². The topological polar surface area (TPSA) is 132 Å². The summed E-state index contributed by atoms with van der Waals surface area (Å²) in [6.45, 7) is 8.55.